The zero-order valence-corrected chi connectivity index (χ0v) is 8.94. The Balaban J connectivity index is 2.24. The molecule has 4 N–H and O–H groups in total. The molecule has 1 aliphatic rings. The first-order chi connectivity index (χ1) is 7.16. The molecule has 1 fully saturated rings. The van der Waals surface area contributed by atoms with E-state index in [0.29, 0.717) is 0 Å². The van der Waals surface area contributed by atoms with Gasteiger partial charge in [0.15, 0.2) is 0 Å². The topological polar surface area (TPSA) is 64.5 Å². The maximum atomic E-state index is 5.93. The molecule has 4 heteroatoms. The summed E-state index contributed by atoms with van der Waals surface area (Å²) in [7, 11) is 0. The molecule has 1 aromatic rings. The fourth-order valence-electron chi connectivity index (χ4n) is 1.87. The first kappa shape index (κ1) is 10.1. The van der Waals surface area contributed by atoms with Gasteiger partial charge in [-0.15, -0.1) is 0 Å². The van der Waals surface area contributed by atoms with Crippen LogP contribution in [0.15, 0.2) is 18.2 Å². The predicted octanol–water partition coefficient (Wildman–Crippen LogP) is 1.08. The summed E-state index contributed by atoms with van der Waals surface area (Å²) in [5.74, 6) is 0. The van der Waals surface area contributed by atoms with Crippen molar-refractivity contribution < 1.29 is 4.74 Å². The van der Waals surface area contributed by atoms with Crippen LogP contribution in [-0.4, -0.2) is 25.8 Å². The van der Waals surface area contributed by atoms with Crippen molar-refractivity contribution in [3.05, 3.63) is 18.2 Å². The van der Waals surface area contributed by atoms with Gasteiger partial charge in [-0.25, -0.2) is 0 Å². The maximum absolute atomic E-state index is 5.93. The Morgan fingerprint density at radius 2 is 2.20 bits per heavy atom. The summed E-state index contributed by atoms with van der Waals surface area (Å²) in [6, 6.07) is 5.60. The predicted molar refractivity (Wildman–Crippen MR) is 62.9 cm³/mol. The molecule has 0 saturated carbocycles. The second-order valence-corrected chi connectivity index (χ2v) is 3.95. The van der Waals surface area contributed by atoms with Gasteiger partial charge in [-0.1, -0.05) is 0 Å². The van der Waals surface area contributed by atoms with Crippen molar-refractivity contribution in [2.24, 2.45) is 0 Å². The highest BCUT2D eigenvalue weighted by atomic mass is 16.5. The Hall–Kier alpha value is -1.42. The van der Waals surface area contributed by atoms with Crippen LogP contribution in [0.2, 0.25) is 0 Å². The Kier molecular flexibility index (Phi) is 2.68. The van der Waals surface area contributed by atoms with Crippen LogP contribution in [-0.2, 0) is 4.74 Å². The molecule has 0 radical (unpaired) electrons. The normalized spacial score (nSPS) is 21.7. The Morgan fingerprint density at radius 3 is 2.93 bits per heavy atom. The number of ether oxygens (including phenoxy) is 1. The number of rotatable bonds is 1. The summed E-state index contributed by atoms with van der Waals surface area (Å²) in [6.07, 6.45) is 0.250. The molecular formula is C11H17N3O. The van der Waals surface area contributed by atoms with Crippen molar-refractivity contribution in [1.82, 2.24) is 0 Å². The Labute approximate surface area is 89.8 Å². The number of nitrogens with two attached hydrogens (primary N) is 2. The second kappa shape index (κ2) is 3.98. The van der Waals surface area contributed by atoms with E-state index < -0.39 is 0 Å². The number of hydrogen-bond donors (Lipinski definition) is 2. The molecule has 1 saturated heterocycles. The van der Waals surface area contributed by atoms with Crippen LogP contribution in [0, 0.1) is 0 Å². The number of anilines is 3. The van der Waals surface area contributed by atoms with E-state index in [2.05, 4.69) is 11.8 Å². The average Bonchev–Trinajstić information content (AvgIpc) is 2.22. The van der Waals surface area contributed by atoms with E-state index >= 15 is 0 Å². The van der Waals surface area contributed by atoms with Crippen LogP contribution in [0.25, 0.3) is 0 Å². The Bertz CT molecular complexity index is 354. The highest BCUT2D eigenvalue weighted by molar-refractivity contribution is 5.72. The van der Waals surface area contributed by atoms with Crippen LogP contribution in [0.5, 0.6) is 0 Å². The van der Waals surface area contributed by atoms with Gasteiger partial charge < -0.3 is 21.1 Å². The Morgan fingerprint density at radius 1 is 1.40 bits per heavy atom. The maximum Gasteiger partial charge on any atom is 0.0722 e. The van der Waals surface area contributed by atoms with Gasteiger partial charge in [-0.2, -0.15) is 0 Å². The molecule has 0 amide bonds. The minimum Gasteiger partial charge on any atom is -0.399 e. The molecule has 1 aliphatic heterocycles. The van der Waals surface area contributed by atoms with Crippen molar-refractivity contribution in [3.63, 3.8) is 0 Å². The first-order valence-electron chi connectivity index (χ1n) is 5.18. The first-order valence-corrected chi connectivity index (χ1v) is 5.18. The summed E-state index contributed by atoms with van der Waals surface area (Å²) in [5, 5.41) is 0. The summed E-state index contributed by atoms with van der Waals surface area (Å²) in [4.78, 5) is 2.22. The molecule has 2 rings (SSSR count). The van der Waals surface area contributed by atoms with E-state index in [1.807, 2.05) is 18.2 Å². The lowest BCUT2D eigenvalue weighted by atomic mass is 10.2. The lowest BCUT2D eigenvalue weighted by molar-refractivity contribution is 0.0533. The minimum atomic E-state index is 0.250. The molecule has 82 valence electrons. The number of nitrogen functional groups attached to an aromatic ring is 2. The zero-order chi connectivity index (χ0) is 10.8. The van der Waals surface area contributed by atoms with Gasteiger partial charge in [0.1, 0.15) is 0 Å². The SMILES string of the molecule is C[C@@H]1CN(c2cc(N)ccc2N)CCO1. The van der Waals surface area contributed by atoms with Gasteiger partial charge in [0.25, 0.3) is 0 Å². The average molecular weight is 207 g/mol. The number of hydrogen-bond acceptors (Lipinski definition) is 4. The van der Waals surface area contributed by atoms with E-state index in [9.17, 15) is 0 Å². The van der Waals surface area contributed by atoms with Gasteiger partial charge in [0.2, 0.25) is 0 Å². The molecule has 0 aromatic heterocycles. The van der Waals surface area contributed by atoms with Crippen LogP contribution in [0.4, 0.5) is 17.1 Å². The van der Waals surface area contributed by atoms with Crippen LogP contribution < -0.4 is 16.4 Å². The zero-order valence-electron chi connectivity index (χ0n) is 8.94. The molecule has 0 bridgehead atoms. The molecular weight excluding hydrogens is 190 g/mol. The summed E-state index contributed by atoms with van der Waals surface area (Å²) in [6.45, 7) is 4.55. The van der Waals surface area contributed by atoms with Crippen LogP contribution in [0.1, 0.15) is 6.92 Å². The van der Waals surface area contributed by atoms with Crippen molar-refractivity contribution in [2.75, 3.05) is 36.1 Å². The molecule has 0 spiro atoms. The smallest absolute Gasteiger partial charge is 0.0722 e. The monoisotopic (exact) mass is 207 g/mol. The van der Waals surface area contributed by atoms with Crippen molar-refractivity contribution in [2.45, 2.75) is 13.0 Å². The summed E-state index contributed by atoms with van der Waals surface area (Å²) >= 11 is 0. The highest BCUT2D eigenvalue weighted by Gasteiger charge is 2.18. The van der Waals surface area contributed by atoms with E-state index in [4.69, 9.17) is 16.2 Å². The van der Waals surface area contributed by atoms with Crippen LogP contribution in [0.3, 0.4) is 0 Å². The van der Waals surface area contributed by atoms with Crippen LogP contribution >= 0.6 is 0 Å². The molecule has 15 heavy (non-hydrogen) atoms. The second-order valence-electron chi connectivity index (χ2n) is 3.95. The molecule has 1 aromatic carbocycles. The van der Waals surface area contributed by atoms with Crippen molar-refractivity contribution in [1.29, 1.82) is 0 Å². The molecule has 1 heterocycles. The fourth-order valence-corrected chi connectivity index (χ4v) is 1.87. The van der Waals surface area contributed by atoms with Gasteiger partial charge in [-0.3, -0.25) is 0 Å². The summed E-state index contributed by atoms with van der Waals surface area (Å²) in [5.41, 5.74) is 14.2. The number of morpholine rings is 1. The number of nitrogens with zero attached hydrogens (tertiary/aromatic N) is 1. The molecule has 4 nitrogen and oxygen atoms in total. The van der Waals surface area contributed by atoms with E-state index in [1.54, 1.807) is 0 Å². The quantitative estimate of drug-likeness (QED) is 0.676. The third-order valence-electron chi connectivity index (χ3n) is 2.64. The van der Waals surface area contributed by atoms with Crippen molar-refractivity contribution >= 4 is 17.1 Å². The summed E-state index contributed by atoms with van der Waals surface area (Å²) < 4.78 is 5.49. The highest BCUT2D eigenvalue weighted by Crippen LogP contribution is 2.27. The third kappa shape index (κ3) is 2.15. The minimum absolute atomic E-state index is 0.250. The molecule has 1 atom stereocenters. The van der Waals surface area contributed by atoms with Gasteiger partial charge in [0.05, 0.1) is 24.1 Å². The lowest BCUT2D eigenvalue weighted by Crippen LogP contribution is -2.41. The van der Waals surface area contributed by atoms with Gasteiger partial charge >= 0.3 is 0 Å². The van der Waals surface area contributed by atoms with E-state index in [1.165, 1.54) is 0 Å². The van der Waals surface area contributed by atoms with Gasteiger partial charge in [0, 0.05) is 18.8 Å². The van der Waals surface area contributed by atoms with E-state index in [-0.39, 0.29) is 6.10 Å². The molecule has 0 unspecified atom stereocenters. The standard InChI is InChI=1S/C11H17N3O/c1-8-7-14(4-5-15-8)11-6-9(12)2-3-10(11)13/h2-3,6,8H,4-5,7,12-13H2,1H3/t8-/m1/s1. The lowest BCUT2D eigenvalue weighted by Gasteiger charge is -2.33. The third-order valence-corrected chi connectivity index (χ3v) is 2.64. The van der Waals surface area contributed by atoms with Gasteiger partial charge in [-0.05, 0) is 25.1 Å². The largest absolute Gasteiger partial charge is 0.399 e. The number of benzene rings is 1. The van der Waals surface area contributed by atoms with Crippen molar-refractivity contribution in [3.8, 4) is 0 Å². The van der Waals surface area contributed by atoms with E-state index in [0.717, 1.165) is 36.8 Å². The fraction of sp³-hybridized carbons (Fsp3) is 0.455. The molecule has 0 aliphatic carbocycles.